The lowest BCUT2D eigenvalue weighted by molar-refractivity contribution is -0.124. The number of carbonyl (C=O) groups is 1. The van der Waals surface area contributed by atoms with Gasteiger partial charge < -0.3 is 14.8 Å². The summed E-state index contributed by atoms with van der Waals surface area (Å²) in [4.78, 5) is 12.5. The van der Waals surface area contributed by atoms with Gasteiger partial charge in [0.25, 0.3) is 0 Å². The second-order valence-corrected chi connectivity index (χ2v) is 5.86. The largest absolute Gasteiger partial charge is 0.490 e. The highest BCUT2D eigenvalue weighted by Crippen LogP contribution is 2.28. The van der Waals surface area contributed by atoms with Gasteiger partial charge in [-0.25, -0.2) is 0 Å². The Balaban J connectivity index is 2.04. The average molecular weight is 366 g/mol. The van der Waals surface area contributed by atoms with Crippen LogP contribution in [-0.4, -0.2) is 28.9 Å². The molecule has 1 N–H and O–H groups in total. The lowest BCUT2D eigenvalue weighted by Crippen LogP contribution is -2.32. The molecular formula is C18H24ClN3O3. The molecule has 1 amide bonds. The monoisotopic (exact) mass is 365 g/mol. The van der Waals surface area contributed by atoms with E-state index < -0.39 is 0 Å². The van der Waals surface area contributed by atoms with E-state index in [-0.39, 0.29) is 11.9 Å². The van der Waals surface area contributed by atoms with E-state index in [0.717, 1.165) is 5.56 Å². The van der Waals surface area contributed by atoms with Gasteiger partial charge in [0.15, 0.2) is 11.5 Å². The quantitative estimate of drug-likeness (QED) is 0.737. The van der Waals surface area contributed by atoms with Crippen molar-refractivity contribution in [1.82, 2.24) is 15.1 Å². The third-order valence-corrected chi connectivity index (χ3v) is 3.85. The summed E-state index contributed by atoms with van der Waals surface area (Å²) in [6, 6.07) is 5.28. The molecule has 1 aromatic heterocycles. The molecule has 0 bridgehead atoms. The van der Waals surface area contributed by atoms with Crippen LogP contribution in [0.25, 0.3) is 0 Å². The SMILES string of the molecule is CCOc1ccc(CNC(=O)C(CC)n2cc(Cl)cn2)cc1OCC. The van der Waals surface area contributed by atoms with Gasteiger partial charge in [0.1, 0.15) is 6.04 Å². The Morgan fingerprint density at radius 1 is 1.24 bits per heavy atom. The number of amides is 1. The molecule has 0 radical (unpaired) electrons. The molecule has 2 aromatic rings. The fraction of sp³-hybridized carbons (Fsp3) is 0.444. The molecule has 6 nitrogen and oxygen atoms in total. The van der Waals surface area contributed by atoms with E-state index in [0.29, 0.717) is 42.7 Å². The van der Waals surface area contributed by atoms with Crippen LogP contribution in [-0.2, 0) is 11.3 Å². The molecule has 2 rings (SSSR count). The van der Waals surface area contributed by atoms with Gasteiger partial charge in [0.2, 0.25) is 5.91 Å². The van der Waals surface area contributed by atoms with Gasteiger partial charge in [-0.3, -0.25) is 9.48 Å². The zero-order valence-electron chi connectivity index (χ0n) is 14.8. The van der Waals surface area contributed by atoms with Gasteiger partial charge in [-0.15, -0.1) is 0 Å². The Morgan fingerprint density at radius 3 is 2.56 bits per heavy atom. The number of carbonyl (C=O) groups excluding carboxylic acids is 1. The first-order valence-corrected chi connectivity index (χ1v) is 8.82. The number of nitrogens with zero attached hydrogens (tertiary/aromatic N) is 2. The summed E-state index contributed by atoms with van der Waals surface area (Å²) >= 11 is 5.89. The van der Waals surface area contributed by atoms with Gasteiger partial charge in [0.05, 0.1) is 24.4 Å². The molecular weight excluding hydrogens is 342 g/mol. The molecule has 1 atom stereocenters. The molecule has 136 valence electrons. The van der Waals surface area contributed by atoms with E-state index in [9.17, 15) is 4.79 Å². The molecule has 0 spiro atoms. The first kappa shape index (κ1) is 19.1. The maximum Gasteiger partial charge on any atom is 0.245 e. The van der Waals surface area contributed by atoms with E-state index in [1.807, 2.05) is 39.0 Å². The van der Waals surface area contributed by atoms with Crippen LogP contribution in [0.2, 0.25) is 5.02 Å². The zero-order valence-corrected chi connectivity index (χ0v) is 15.5. The number of benzene rings is 1. The molecule has 1 heterocycles. The van der Waals surface area contributed by atoms with E-state index in [4.69, 9.17) is 21.1 Å². The molecule has 0 aliphatic heterocycles. The summed E-state index contributed by atoms with van der Waals surface area (Å²) in [6.07, 6.45) is 3.80. The van der Waals surface area contributed by atoms with Crippen LogP contribution >= 0.6 is 11.6 Å². The van der Waals surface area contributed by atoms with Crippen molar-refractivity contribution < 1.29 is 14.3 Å². The van der Waals surface area contributed by atoms with E-state index in [1.54, 1.807) is 10.9 Å². The van der Waals surface area contributed by atoms with Crippen LogP contribution in [0.1, 0.15) is 38.8 Å². The van der Waals surface area contributed by atoms with E-state index in [1.165, 1.54) is 6.20 Å². The molecule has 0 saturated heterocycles. The number of ether oxygens (including phenoxy) is 2. The second-order valence-electron chi connectivity index (χ2n) is 5.43. The second kappa shape index (κ2) is 9.32. The normalized spacial score (nSPS) is 11.8. The lowest BCUT2D eigenvalue weighted by atomic mass is 10.1. The number of hydrogen-bond acceptors (Lipinski definition) is 4. The zero-order chi connectivity index (χ0) is 18.2. The highest BCUT2D eigenvalue weighted by Gasteiger charge is 2.19. The lowest BCUT2D eigenvalue weighted by Gasteiger charge is -2.16. The third kappa shape index (κ3) is 5.13. The Morgan fingerprint density at radius 2 is 1.96 bits per heavy atom. The molecule has 0 saturated carbocycles. The Kier molecular flexibility index (Phi) is 7.13. The molecule has 0 aliphatic rings. The minimum absolute atomic E-state index is 0.103. The Hall–Kier alpha value is -2.21. The highest BCUT2D eigenvalue weighted by atomic mass is 35.5. The van der Waals surface area contributed by atoms with Crippen LogP contribution in [0.15, 0.2) is 30.6 Å². The van der Waals surface area contributed by atoms with Crippen molar-refractivity contribution in [3.8, 4) is 11.5 Å². The summed E-state index contributed by atoms with van der Waals surface area (Å²) in [5, 5.41) is 7.57. The average Bonchev–Trinajstić information content (AvgIpc) is 3.02. The van der Waals surface area contributed by atoms with Crippen LogP contribution in [0.4, 0.5) is 0 Å². The molecule has 7 heteroatoms. The summed E-state index contributed by atoms with van der Waals surface area (Å²) < 4.78 is 12.7. The Labute approximate surface area is 153 Å². The van der Waals surface area contributed by atoms with Crippen molar-refractivity contribution in [2.24, 2.45) is 0 Å². The van der Waals surface area contributed by atoms with Gasteiger partial charge >= 0.3 is 0 Å². The smallest absolute Gasteiger partial charge is 0.245 e. The van der Waals surface area contributed by atoms with Crippen molar-refractivity contribution in [3.63, 3.8) is 0 Å². The summed E-state index contributed by atoms with van der Waals surface area (Å²) in [5.74, 6) is 1.29. The van der Waals surface area contributed by atoms with Gasteiger partial charge in [-0.1, -0.05) is 24.6 Å². The minimum Gasteiger partial charge on any atom is -0.490 e. The maximum absolute atomic E-state index is 12.5. The summed E-state index contributed by atoms with van der Waals surface area (Å²) in [6.45, 7) is 7.30. The van der Waals surface area contributed by atoms with Crippen molar-refractivity contribution in [1.29, 1.82) is 0 Å². The number of hydrogen-bond donors (Lipinski definition) is 1. The molecule has 25 heavy (non-hydrogen) atoms. The predicted molar refractivity (Wildman–Crippen MR) is 97.2 cm³/mol. The number of rotatable bonds is 9. The fourth-order valence-corrected chi connectivity index (χ4v) is 2.63. The topological polar surface area (TPSA) is 65.4 Å². The summed E-state index contributed by atoms with van der Waals surface area (Å²) in [5.41, 5.74) is 0.939. The van der Waals surface area contributed by atoms with Gasteiger partial charge in [-0.05, 0) is 38.0 Å². The number of nitrogens with one attached hydrogen (secondary N) is 1. The number of aromatic nitrogens is 2. The van der Waals surface area contributed by atoms with Crippen LogP contribution in [0.3, 0.4) is 0 Å². The Bertz CT molecular complexity index is 703. The maximum atomic E-state index is 12.5. The predicted octanol–water partition coefficient (Wildman–Crippen LogP) is 3.60. The van der Waals surface area contributed by atoms with E-state index in [2.05, 4.69) is 10.4 Å². The van der Waals surface area contributed by atoms with Gasteiger partial charge in [-0.2, -0.15) is 5.10 Å². The molecule has 1 aromatic carbocycles. The van der Waals surface area contributed by atoms with Crippen molar-refractivity contribution in [2.75, 3.05) is 13.2 Å². The van der Waals surface area contributed by atoms with Crippen LogP contribution in [0, 0.1) is 0 Å². The minimum atomic E-state index is -0.387. The third-order valence-electron chi connectivity index (χ3n) is 3.65. The van der Waals surface area contributed by atoms with Crippen LogP contribution < -0.4 is 14.8 Å². The first-order valence-electron chi connectivity index (χ1n) is 8.44. The molecule has 0 aliphatic carbocycles. The standard InChI is InChI=1S/C18H24ClN3O3/c1-4-15(22-12-14(19)11-21-22)18(23)20-10-13-7-8-16(24-5-2)17(9-13)25-6-3/h7-9,11-12,15H,4-6,10H2,1-3H3,(H,20,23). The first-order chi connectivity index (χ1) is 12.1. The van der Waals surface area contributed by atoms with Crippen molar-refractivity contribution >= 4 is 17.5 Å². The fourth-order valence-electron chi connectivity index (χ4n) is 2.49. The molecule has 0 fully saturated rings. The van der Waals surface area contributed by atoms with Crippen molar-refractivity contribution in [3.05, 3.63) is 41.2 Å². The summed E-state index contributed by atoms with van der Waals surface area (Å²) in [7, 11) is 0. The molecule has 1 unspecified atom stereocenters. The highest BCUT2D eigenvalue weighted by molar-refractivity contribution is 6.30. The number of halogens is 1. The van der Waals surface area contributed by atoms with Gasteiger partial charge in [0, 0.05) is 12.7 Å². The van der Waals surface area contributed by atoms with Crippen LogP contribution in [0.5, 0.6) is 11.5 Å². The van der Waals surface area contributed by atoms with Crippen molar-refractivity contribution in [2.45, 2.75) is 39.8 Å². The van der Waals surface area contributed by atoms with E-state index >= 15 is 0 Å².